The van der Waals surface area contributed by atoms with Crippen molar-refractivity contribution in [1.29, 1.82) is 0 Å². The third kappa shape index (κ3) is 9.77. The molecular formula is C43H46N4O6S. The second kappa shape index (κ2) is 17.2. The lowest BCUT2D eigenvalue weighted by molar-refractivity contribution is -0.145. The number of benzene rings is 3. The maximum Gasteiger partial charge on any atom is 0.329 e. The summed E-state index contributed by atoms with van der Waals surface area (Å²) in [5.41, 5.74) is 3.50. The zero-order valence-corrected chi connectivity index (χ0v) is 31.5. The van der Waals surface area contributed by atoms with Gasteiger partial charge in [-0.2, -0.15) is 0 Å². The first-order valence-electron chi connectivity index (χ1n) is 18.3. The molecule has 280 valence electrons. The van der Waals surface area contributed by atoms with Crippen molar-refractivity contribution in [2.45, 2.75) is 89.0 Å². The number of amides is 2. The molecule has 2 amide bonds. The van der Waals surface area contributed by atoms with Crippen molar-refractivity contribution >= 4 is 29.1 Å². The minimum atomic E-state index is -1.65. The number of rotatable bonds is 13. The lowest BCUT2D eigenvalue weighted by Crippen LogP contribution is -2.54. The Labute approximate surface area is 319 Å². The van der Waals surface area contributed by atoms with Gasteiger partial charge in [0, 0.05) is 34.8 Å². The van der Waals surface area contributed by atoms with Gasteiger partial charge >= 0.3 is 5.97 Å². The van der Waals surface area contributed by atoms with Crippen LogP contribution in [-0.4, -0.2) is 56.2 Å². The van der Waals surface area contributed by atoms with Crippen LogP contribution in [0.4, 0.5) is 0 Å². The summed E-state index contributed by atoms with van der Waals surface area (Å²) in [6.07, 6.45) is 8.32. The van der Waals surface area contributed by atoms with Gasteiger partial charge in [-0.25, -0.2) is 14.8 Å². The molecule has 0 bridgehead atoms. The number of carbonyl (C=O) groups is 3. The van der Waals surface area contributed by atoms with Gasteiger partial charge in [0.1, 0.15) is 17.9 Å². The zero-order chi connectivity index (χ0) is 38.2. The van der Waals surface area contributed by atoms with E-state index < -0.39 is 36.0 Å². The minimum absolute atomic E-state index is 0.0589. The van der Waals surface area contributed by atoms with Crippen molar-refractivity contribution in [1.82, 2.24) is 20.6 Å². The van der Waals surface area contributed by atoms with E-state index in [1.54, 1.807) is 48.8 Å². The zero-order valence-electron chi connectivity index (χ0n) is 30.7. The van der Waals surface area contributed by atoms with Crippen molar-refractivity contribution in [3.05, 3.63) is 124 Å². The van der Waals surface area contributed by atoms with Crippen LogP contribution in [0.1, 0.15) is 84.7 Å². The quantitative estimate of drug-likeness (QED) is 0.0966. The Morgan fingerprint density at radius 1 is 0.815 bits per heavy atom. The van der Waals surface area contributed by atoms with E-state index in [1.165, 1.54) is 30.6 Å². The molecule has 0 radical (unpaired) electrons. The van der Waals surface area contributed by atoms with E-state index in [0.29, 0.717) is 21.8 Å². The number of thiophene rings is 1. The van der Waals surface area contributed by atoms with E-state index in [-0.39, 0.29) is 17.9 Å². The van der Waals surface area contributed by atoms with Crippen molar-refractivity contribution in [3.63, 3.8) is 0 Å². The number of aromatic nitrogens is 2. The number of hydrogen-bond acceptors (Lipinski definition) is 8. The van der Waals surface area contributed by atoms with Crippen LogP contribution in [0, 0.1) is 0 Å². The van der Waals surface area contributed by atoms with E-state index in [2.05, 4.69) is 41.4 Å². The highest BCUT2D eigenvalue weighted by Crippen LogP contribution is 2.30. The van der Waals surface area contributed by atoms with Gasteiger partial charge in [0.2, 0.25) is 5.91 Å². The largest absolute Gasteiger partial charge is 0.490 e. The molecule has 2 heterocycles. The number of aliphatic carboxylic acids is 1. The molecular weight excluding hydrogens is 701 g/mol. The molecule has 1 fully saturated rings. The van der Waals surface area contributed by atoms with Gasteiger partial charge in [-0.05, 0) is 72.1 Å². The second-order valence-corrected chi connectivity index (χ2v) is 15.8. The van der Waals surface area contributed by atoms with Crippen LogP contribution in [0.25, 0.3) is 22.5 Å². The standard InChI is InChI=1S/C43H46N4O6S/c1-43(2,3)36-23-22-35(54-36)41(50)46-34(40(49)47-37(42(51)52)38(48)29-10-6-4-7-11-29)24-27-14-16-30(17-15-27)39-44-25-31(26-45-39)28-18-20-33(21-19-28)53-32-12-8-5-9-13-32/h4,6-7,10-11,14-23,25-26,32,34,37-38,48H,5,8-9,12-13,24H2,1-3H3,(H,46,50)(H,47,49)(H,51,52). The second-order valence-electron chi connectivity index (χ2n) is 14.7. The summed E-state index contributed by atoms with van der Waals surface area (Å²) in [7, 11) is 0. The van der Waals surface area contributed by atoms with Gasteiger partial charge in [0.15, 0.2) is 11.9 Å². The predicted molar refractivity (Wildman–Crippen MR) is 209 cm³/mol. The minimum Gasteiger partial charge on any atom is -0.490 e. The normalized spacial score (nSPS) is 15.1. The molecule has 2 aromatic heterocycles. The Hall–Kier alpha value is -5.39. The monoisotopic (exact) mass is 746 g/mol. The number of aliphatic hydroxyl groups excluding tert-OH is 1. The topological polar surface area (TPSA) is 151 Å². The summed E-state index contributed by atoms with van der Waals surface area (Å²) in [5, 5.41) is 26.2. The van der Waals surface area contributed by atoms with Crippen LogP contribution < -0.4 is 15.4 Å². The number of ether oxygens (including phenoxy) is 1. The molecule has 3 aromatic carbocycles. The summed E-state index contributed by atoms with van der Waals surface area (Å²) in [6, 6.07) is 24.4. The average Bonchev–Trinajstić information content (AvgIpc) is 3.70. The fourth-order valence-electron chi connectivity index (χ4n) is 6.43. The molecule has 11 heteroatoms. The van der Waals surface area contributed by atoms with E-state index in [9.17, 15) is 24.6 Å². The van der Waals surface area contributed by atoms with Gasteiger partial charge in [-0.1, -0.05) is 93.9 Å². The number of carboxylic acids is 1. The van der Waals surface area contributed by atoms with E-state index in [0.717, 1.165) is 40.2 Å². The first-order valence-corrected chi connectivity index (χ1v) is 19.1. The summed E-state index contributed by atoms with van der Waals surface area (Å²) in [6.45, 7) is 6.16. The smallest absolute Gasteiger partial charge is 0.329 e. The molecule has 0 aliphatic heterocycles. The molecule has 0 saturated heterocycles. The van der Waals surface area contributed by atoms with E-state index in [4.69, 9.17) is 4.74 Å². The lowest BCUT2D eigenvalue weighted by atomic mass is 9.95. The van der Waals surface area contributed by atoms with Crippen LogP contribution >= 0.6 is 11.3 Å². The maximum absolute atomic E-state index is 13.8. The van der Waals surface area contributed by atoms with Crippen LogP contribution in [0.15, 0.2) is 103 Å². The first-order chi connectivity index (χ1) is 25.9. The Bertz CT molecular complexity index is 2020. The van der Waals surface area contributed by atoms with Crippen LogP contribution in [0.2, 0.25) is 0 Å². The van der Waals surface area contributed by atoms with Gasteiger partial charge in [-0.3, -0.25) is 9.59 Å². The number of carbonyl (C=O) groups excluding carboxylic acids is 2. The Balaban J connectivity index is 1.16. The van der Waals surface area contributed by atoms with E-state index >= 15 is 0 Å². The molecule has 5 aromatic rings. The highest BCUT2D eigenvalue weighted by Gasteiger charge is 2.33. The maximum atomic E-state index is 13.8. The predicted octanol–water partition coefficient (Wildman–Crippen LogP) is 7.53. The molecule has 0 spiro atoms. The summed E-state index contributed by atoms with van der Waals surface area (Å²) >= 11 is 1.34. The van der Waals surface area contributed by atoms with E-state index in [1.807, 2.05) is 54.6 Å². The summed E-state index contributed by atoms with van der Waals surface area (Å²) < 4.78 is 6.17. The Kier molecular flexibility index (Phi) is 12.2. The third-order valence-corrected chi connectivity index (χ3v) is 11.1. The third-order valence-electron chi connectivity index (χ3n) is 9.56. The van der Waals surface area contributed by atoms with Gasteiger partial charge in [-0.15, -0.1) is 11.3 Å². The molecule has 3 unspecified atom stereocenters. The summed E-state index contributed by atoms with van der Waals surface area (Å²) in [5.74, 6) is -1.21. The van der Waals surface area contributed by atoms with Crippen LogP contribution in [0.5, 0.6) is 5.75 Å². The highest BCUT2D eigenvalue weighted by molar-refractivity contribution is 7.14. The first kappa shape index (κ1) is 38.3. The average molecular weight is 747 g/mol. The molecule has 1 aliphatic carbocycles. The van der Waals surface area contributed by atoms with Gasteiger partial charge in [0.25, 0.3) is 5.91 Å². The molecule has 1 saturated carbocycles. The van der Waals surface area contributed by atoms with Crippen LogP contribution in [0.3, 0.4) is 0 Å². The SMILES string of the molecule is CC(C)(C)c1ccc(C(=O)NC(Cc2ccc(-c3ncc(-c4ccc(OC5CCCCC5)cc4)cn3)cc2)C(=O)NC(C(=O)O)C(O)c2ccccc2)s1. The Morgan fingerprint density at radius 3 is 2.07 bits per heavy atom. The van der Waals surface area contributed by atoms with Crippen molar-refractivity contribution in [2.75, 3.05) is 0 Å². The number of aliphatic hydroxyl groups is 1. The highest BCUT2D eigenvalue weighted by atomic mass is 32.1. The van der Waals surface area contributed by atoms with Crippen molar-refractivity contribution in [3.8, 4) is 28.3 Å². The van der Waals surface area contributed by atoms with Crippen molar-refractivity contribution in [2.24, 2.45) is 0 Å². The number of nitrogens with one attached hydrogen (secondary N) is 2. The molecule has 3 atom stereocenters. The number of carboxylic acid groups (broad SMARTS) is 1. The van der Waals surface area contributed by atoms with Crippen LogP contribution in [-0.2, 0) is 21.4 Å². The molecule has 4 N–H and O–H groups in total. The fourth-order valence-corrected chi connectivity index (χ4v) is 7.39. The molecule has 10 nitrogen and oxygen atoms in total. The van der Waals surface area contributed by atoms with Crippen molar-refractivity contribution < 1.29 is 29.3 Å². The molecule has 54 heavy (non-hydrogen) atoms. The lowest BCUT2D eigenvalue weighted by Gasteiger charge is -2.24. The number of hydrogen-bond donors (Lipinski definition) is 4. The van der Waals surface area contributed by atoms with Gasteiger partial charge < -0.3 is 25.6 Å². The molecule has 6 rings (SSSR count). The Morgan fingerprint density at radius 2 is 1.46 bits per heavy atom. The number of nitrogens with zero attached hydrogens (tertiary/aromatic N) is 2. The summed E-state index contributed by atoms with van der Waals surface area (Å²) in [4.78, 5) is 50.1. The van der Waals surface area contributed by atoms with Gasteiger partial charge in [0.05, 0.1) is 11.0 Å². The molecule has 1 aliphatic rings. The fraction of sp³-hybridized carbons (Fsp3) is 0.326.